The Morgan fingerprint density at radius 3 is 2.50 bits per heavy atom. The molecule has 4 amide bonds. The summed E-state index contributed by atoms with van der Waals surface area (Å²) in [4.78, 5) is 43.0. The summed E-state index contributed by atoms with van der Waals surface area (Å²) >= 11 is 0. The molecular formula is C34H50N4O6. The average molecular weight is 611 g/mol. The molecule has 3 N–H and O–H groups in total. The van der Waals surface area contributed by atoms with Crippen molar-refractivity contribution < 1.29 is 29.0 Å². The average Bonchev–Trinajstić information content (AvgIpc) is 2.98. The van der Waals surface area contributed by atoms with E-state index < -0.39 is 6.04 Å². The number of amides is 4. The molecule has 0 unspecified atom stereocenters. The van der Waals surface area contributed by atoms with Gasteiger partial charge in [0.1, 0.15) is 5.75 Å². The number of likely N-dealkylation sites (N-methyl/N-ethyl adjacent to an activating group) is 1. The van der Waals surface area contributed by atoms with Crippen molar-refractivity contribution in [2.75, 3.05) is 38.7 Å². The van der Waals surface area contributed by atoms with Crippen molar-refractivity contribution in [3.63, 3.8) is 0 Å². The molecule has 3 rings (SSSR count). The van der Waals surface area contributed by atoms with Crippen LogP contribution in [0.15, 0.2) is 48.5 Å². The number of anilines is 1. The van der Waals surface area contributed by atoms with E-state index in [2.05, 4.69) is 10.6 Å². The van der Waals surface area contributed by atoms with Gasteiger partial charge in [-0.2, -0.15) is 0 Å². The minimum atomic E-state index is -0.498. The van der Waals surface area contributed by atoms with Crippen LogP contribution in [0.4, 0.5) is 10.5 Å². The number of nitrogens with one attached hydrogen (secondary N) is 2. The van der Waals surface area contributed by atoms with Crippen molar-refractivity contribution in [2.45, 2.75) is 84.6 Å². The fraction of sp³-hybridized carbons (Fsp3) is 0.559. The molecule has 0 bridgehead atoms. The number of fused-ring (bicyclic) bond motifs is 1. The predicted octanol–water partition coefficient (Wildman–Crippen LogP) is 4.71. The predicted molar refractivity (Wildman–Crippen MR) is 172 cm³/mol. The number of ether oxygens (including phenoxy) is 2. The van der Waals surface area contributed by atoms with Gasteiger partial charge in [0.25, 0.3) is 5.91 Å². The van der Waals surface area contributed by atoms with Crippen LogP contribution >= 0.6 is 0 Å². The lowest BCUT2D eigenvalue weighted by Gasteiger charge is -2.36. The summed E-state index contributed by atoms with van der Waals surface area (Å²) < 4.78 is 12.6. The van der Waals surface area contributed by atoms with Crippen LogP contribution in [0.3, 0.4) is 0 Å². The van der Waals surface area contributed by atoms with E-state index in [4.69, 9.17) is 9.47 Å². The van der Waals surface area contributed by atoms with E-state index in [0.717, 1.165) is 24.8 Å². The number of rotatable bonds is 8. The first-order chi connectivity index (χ1) is 21.0. The van der Waals surface area contributed by atoms with E-state index in [-0.39, 0.29) is 55.2 Å². The Hall–Kier alpha value is -3.63. The Bertz CT molecular complexity index is 1220. The molecule has 0 spiro atoms. The lowest BCUT2D eigenvalue weighted by Crippen LogP contribution is -2.48. The summed E-state index contributed by atoms with van der Waals surface area (Å²) in [6.07, 6.45) is 2.27. The quantitative estimate of drug-likeness (QED) is 0.398. The minimum Gasteiger partial charge on any atom is -0.490 e. The van der Waals surface area contributed by atoms with Crippen LogP contribution in [-0.2, 0) is 16.0 Å². The van der Waals surface area contributed by atoms with Crippen LogP contribution in [0.5, 0.6) is 5.75 Å². The monoisotopic (exact) mass is 610 g/mol. The summed E-state index contributed by atoms with van der Waals surface area (Å²) in [7, 11) is 1.78. The number of hydrogen-bond donors (Lipinski definition) is 3. The highest BCUT2D eigenvalue weighted by atomic mass is 16.5. The van der Waals surface area contributed by atoms with Crippen molar-refractivity contribution >= 4 is 23.5 Å². The summed E-state index contributed by atoms with van der Waals surface area (Å²) in [5.74, 6) is -0.0668. The third-order valence-corrected chi connectivity index (χ3v) is 7.81. The molecule has 0 radical (unpaired) electrons. The Labute approximate surface area is 262 Å². The molecule has 44 heavy (non-hydrogen) atoms. The fourth-order valence-corrected chi connectivity index (χ4v) is 5.17. The van der Waals surface area contributed by atoms with Crippen molar-refractivity contribution in [3.05, 3.63) is 59.7 Å². The molecule has 4 atom stereocenters. The lowest BCUT2D eigenvalue weighted by atomic mass is 10.0. The van der Waals surface area contributed by atoms with Gasteiger partial charge in [-0.3, -0.25) is 9.59 Å². The SMILES string of the molecule is CC(C)NC(=O)Nc1ccc2c(c1)C(=O)N([C@@H](C)CO)C[C@H](C)[C@H](CN(C)C(=O)Cc1ccccc1)OCCCC[C@@H](C)O2. The number of carbonyl (C=O) groups is 3. The number of hydrogen-bond acceptors (Lipinski definition) is 6. The summed E-state index contributed by atoms with van der Waals surface area (Å²) in [6, 6.07) is 13.8. The van der Waals surface area contributed by atoms with Crippen LogP contribution in [0.2, 0.25) is 0 Å². The zero-order valence-corrected chi connectivity index (χ0v) is 27.0. The Kier molecular flexibility index (Phi) is 13.5. The van der Waals surface area contributed by atoms with Crippen molar-refractivity contribution in [1.29, 1.82) is 0 Å². The highest BCUT2D eigenvalue weighted by Gasteiger charge is 2.31. The van der Waals surface area contributed by atoms with Gasteiger partial charge in [-0.25, -0.2) is 4.79 Å². The van der Waals surface area contributed by atoms with E-state index in [1.807, 2.05) is 58.0 Å². The van der Waals surface area contributed by atoms with E-state index in [1.54, 1.807) is 42.0 Å². The molecule has 10 nitrogen and oxygen atoms in total. The van der Waals surface area contributed by atoms with Crippen LogP contribution < -0.4 is 15.4 Å². The molecule has 242 valence electrons. The van der Waals surface area contributed by atoms with Gasteiger partial charge in [0.15, 0.2) is 0 Å². The Balaban J connectivity index is 1.89. The van der Waals surface area contributed by atoms with E-state index in [0.29, 0.717) is 36.6 Å². The van der Waals surface area contributed by atoms with Gasteiger partial charge >= 0.3 is 6.03 Å². The van der Waals surface area contributed by atoms with Gasteiger partial charge in [-0.15, -0.1) is 0 Å². The molecule has 0 aliphatic carbocycles. The number of aliphatic hydroxyl groups excluding tert-OH is 1. The molecule has 2 aromatic carbocycles. The third-order valence-electron chi connectivity index (χ3n) is 7.81. The largest absolute Gasteiger partial charge is 0.490 e. The van der Waals surface area contributed by atoms with Crippen LogP contribution in [0.25, 0.3) is 0 Å². The molecule has 0 fully saturated rings. The summed E-state index contributed by atoms with van der Waals surface area (Å²) in [6.45, 7) is 10.4. The number of nitrogens with zero attached hydrogens (tertiary/aromatic N) is 2. The molecule has 1 aliphatic rings. The number of aliphatic hydroxyl groups is 1. The van der Waals surface area contributed by atoms with Crippen molar-refractivity contribution in [3.8, 4) is 5.75 Å². The second kappa shape index (κ2) is 17.0. The number of urea groups is 1. The van der Waals surface area contributed by atoms with E-state index in [1.165, 1.54) is 0 Å². The smallest absolute Gasteiger partial charge is 0.319 e. The zero-order valence-electron chi connectivity index (χ0n) is 27.0. The Morgan fingerprint density at radius 1 is 1.09 bits per heavy atom. The topological polar surface area (TPSA) is 120 Å². The van der Waals surface area contributed by atoms with Crippen molar-refractivity contribution in [1.82, 2.24) is 15.1 Å². The summed E-state index contributed by atoms with van der Waals surface area (Å²) in [5, 5.41) is 15.7. The number of benzene rings is 2. The van der Waals surface area contributed by atoms with Gasteiger partial charge in [0, 0.05) is 44.4 Å². The highest BCUT2D eigenvalue weighted by molar-refractivity contribution is 5.99. The fourth-order valence-electron chi connectivity index (χ4n) is 5.17. The second-order valence-electron chi connectivity index (χ2n) is 12.2. The lowest BCUT2D eigenvalue weighted by molar-refractivity contribution is -0.131. The minimum absolute atomic E-state index is 0.00973. The normalized spacial score (nSPS) is 20.6. The second-order valence-corrected chi connectivity index (χ2v) is 12.2. The van der Waals surface area contributed by atoms with Gasteiger partial charge in [-0.1, -0.05) is 37.3 Å². The zero-order chi connectivity index (χ0) is 32.2. The van der Waals surface area contributed by atoms with Gasteiger partial charge < -0.3 is 35.0 Å². The van der Waals surface area contributed by atoms with Crippen LogP contribution in [0, 0.1) is 5.92 Å². The molecule has 0 saturated heterocycles. The first-order valence-electron chi connectivity index (χ1n) is 15.7. The first kappa shape index (κ1) is 34.9. The molecular weight excluding hydrogens is 560 g/mol. The third kappa shape index (κ3) is 10.5. The van der Waals surface area contributed by atoms with Crippen LogP contribution in [-0.4, -0.2) is 90.4 Å². The molecule has 2 aromatic rings. The molecule has 10 heteroatoms. The standard InChI is InChI=1S/C34H50N4O6/c1-23(2)35-34(42)36-28-15-16-30-29(19-28)33(41)38(25(4)22-39)20-24(3)31(43-17-11-10-12-26(5)44-30)21-37(6)32(40)18-27-13-8-7-9-14-27/h7-9,13-16,19,23-26,31,39H,10-12,17-18,20-22H2,1-6H3,(H2,35,36,42)/t24-,25-,26+,31-/m0/s1. The van der Waals surface area contributed by atoms with Crippen molar-refractivity contribution in [2.24, 2.45) is 5.92 Å². The highest BCUT2D eigenvalue weighted by Crippen LogP contribution is 2.28. The maximum Gasteiger partial charge on any atom is 0.319 e. The maximum atomic E-state index is 14.2. The molecule has 0 aromatic heterocycles. The van der Waals surface area contributed by atoms with Crippen LogP contribution in [0.1, 0.15) is 69.8 Å². The van der Waals surface area contributed by atoms with Gasteiger partial charge in [0.2, 0.25) is 5.91 Å². The number of carbonyl (C=O) groups excluding carboxylic acids is 3. The van der Waals surface area contributed by atoms with Gasteiger partial charge in [-0.05, 0) is 70.7 Å². The van der Waals surface area contributed by atoms with Gasteiger partial charge in [0.05, 0.1) is 36.8 Å². The Morgan fingerprint density at radius 2 is 1.82 bits per heavy atom. The van der Waals surface area contributed by atoms with E-state index in [9.17, 15) is 19.5 Å². The molecule has 0 saturated carbocycles. The first-order valence-corrected chi connectivity index (χ1v) is 15.7. The molecule has 1 aliphatic heterocycles. The van der Waals surface area contributed by atoms with E-state index >= 15 is 0 Å². The summed E-state index contributed by atoms with van der Waals surface area (Å²) in [5.41, 5.74) is 1.71. The molecule has 1 heterocycles. The maximum absolute atomic E-state index is 14.2.